The van der Waals surface area contributed by atoms with E-state index < -0.39 is 6.04 Å². The number of hydrogen-bond acceptors (Lipinski definition) is 2. The quantitative estimate of drug-likeness (QED) is 0.779. The fourth-order valence-electron chi connectivity index (χ4n) is 3.26. The molecule has 2 aromatic carbocycles. The molecule has 3 rings (SSSR count). The standard InChI is InChI=1S/C20H23N3O2/c1-14-8-9-15(2)17(12-14)22-20(25)19(16-6-4-3-5-7-16)23-11-10-21-18(24)13-23/h3-9,12,19H,10-11,13H2,1-2H3,(H,21,24)(H,22,25)/p+1/t19-/m1/s1. The van der Waals surface area contributed by atoms with Gasteiger partial charge in [0.15, 0.2) is 12.6 Å². The summed E-state index contributed by atoms with van der Waals surface area (Å²) in [5, 5.41) is 5.90. The molecule has 2 atom stereocenters. The third-order valence-corrected chi connectivity index (χ3v) is 4.61. The van der Waals surface area contributed by atoms with Gasteiger partial charge in [-0.15, -0.1) is 0 Å². The van der Waals surface area contributed by atoms with Gasteiger partial charge in [-0.3, -0.25) is 9.59 Å². The molecular weight excluding hydrogens is 314 g/mol. The van der Waals surface area contributed by atoms with E-state index in [9.17, 15) is 9.59 Å². The minimum Gasteiger partial charge on any atom is -0.346 e. The van der Waals surface area contributed by atoms with Crippen LogP contribution in [0.4, 0.5) is 5.69 Å². The number of piperazine rings is 1. The van der Waals surface area contributed by atoms with Gasteiger partial charge in [0.25, 0.3) is 11.8 Å². The molecule has 1 aliphatic heterocycles. The van der Waals surface area contributed by atoms with Gasteiger partial charge in [-0.2, -0.15) is 0 Å². The molecule has 0 spiro atoms. The molecule has 130 valence electrons. The van der Waals surface area contributed by atoms with E-state index in [1.807, 2.05) is 62.4 Å². The second kappa shape index (κ2) is 7.49. The first-order valence-corrected chi connectivity index (χ1v) is 8.59. The van der Waals surface area contributed by atoms with Crippen LogP contribution in [0, 0.1) is 13.8 Å². The van der Waals surface area contributed by atoms with Gasteiger partial charge in [-0.1, -0.05) is 42.5 Å². The Balaban J connectivity index is 1.89. The van der Waals surface area contributed by atoms with Crippen molar-refractivity contribution in [1.29, 1.82) is 0 Å². The molecule has 5 heteroatoms. The maximum absolute atomic E-state index is 13.1. The molecule has 0 bridgehead atoms. The molecule has 3 N–H and O–H groups in total. The van der Waals surface area contributed by atoms with Crippen LogP contribution in [0.5, 0.6) is 0 Å². The Hall–Kier alpha value is -2.66. The zero-order chi connectivity index (χ0) is 17.8. The summed E-state index contributed by atoms with van der Waals surface area (Å²) >= 11 is 0. The molecule has 2 aromatic rings. The lowest BCUT2D eigenvalue weighted by atomic mass is 10.0. The first-order chi connectivity index (χ1) is 12.0. The number of carbonyl (C=O) groups excluding carboxylic acids is 2. The minimum atomic E-state index is -0.410. The topological polar surface area (TPSA) is 62.6 Å². The lowest BCUT2D eigenvalue weighted by Gasteiger charge is -2.30. The van der Waals surface area contributed by atoms with Gasteiger partial charge < -0.3 is 15.5 Å². The zero-order valence-electron chi connectivity index (χ0n) is 14.6. The van der Waals surface area contributed by atoms with Crippen molar-refractivity contribution in [2.24, 2.45) is 0 Å². The van der Waals surface area contributed by atoms with Crippen molar-refractivity contribution in [3.8, 4) is 0 Å². The van der Waals surface area contributed by atoms with E-state index in [1.54, 1.807) is 0 Å². The van der Waals surface area contributed by atoms with E-state index in [-0.39, 0.29) is 11.8 Å². The molecular formula is C20H24N3O2+. The molecule has 0 saturated carbocycles. The Morgan fingerprint density at radius 1 is 1.16 bits per heavy atom. The summed E-state index contributed by atoms with van der Waals surface area (Å²) in [6.45, 7) is 5.61. The number of anilines is 1. The fourth-order valence-corrected chi connectivity index (χ4v) is 3.26. The lowest BCUT2D eigenvalue weighted by Crippen LogP contribution is -3.16. The second-order valence-electron chi connectivity index (χ2n) is 6.59. The monoisotopic (exact) mass is 338 g/mol. The minimum absolute atomic E-state index is 0.0123. The van der Waals surface area contributed by atoms with E-state index in [1.165, 1.54) is 0 Å². The van der Waals surface area contributed by atoms with Crippen LogP contribution >= 0.6 is 0 Å². The average molecular weight is 338 g/mol. The Labute approximate surface area is 148 Å². The van der Waals surface area contributed by atoms with Gasteiger partial charge in [0.2, 0.25) is 0 Å². The molecule has 0 aliphatic carbocycles. The number of aryl methyl sites for hydroxylation is 2. The van der Waals surface area contributed by atoms with Crippen molar-refractivity contribution < 1.29 is 14.5 Å². The molecule has 1 fully saturated rings. The molecule has 1 unspecified atom stereocenters. The number of rotatable bonds is 4. The normalized spacial score (nSPS) is 18.3. The summed E-state index contributed by atoms with van der Waals surface area (Å²) in [6.07, 6.45) is 0. The van der Waals surface area contributed by atoms with Gasteiger partial charge in [0, 0.05) is 11.3 Å². The highest BCUT2D eigenvalue weighted by Gasteiger charge is 2.35. The second-order valence-corrected chi connectivity index (χ2v) is 6.59. The van der Waals surface area contributed by atoms with E-state index >= 15 is 0 Å². The molecule has 1 aliphatic rings. The van der Waals surface area contributed by atoms with Crippen LogP contribution < -0.4 is 15.5 Å². The molecule has 25 heavy (non-hydrogen) atoms. The number of quaternary nitrogens is 1. The van der Waals surface area contributed by atoms with E-state index in [0.717, 1.165) is 33.8 Å². The molecule has 2 amide bonds. The van der Waals surface area contributed by atoms with Crippen LogP contribution in [0.1, 0.15) is 22.7 Å². The lowest BCUT2D eigenvalue weighted by molar-refractivity contribution is -0.915. The van der Waals surface area contributed by atoms with Crippen molar-refractivity contribution in [2.45, 2.75) is 19.9 Å². The number of benzene rings is 2. The highest BCUT2D eigenvalue weighted by Crippen LogP contribution is 2.19. The van der Waals surface area contributed by atoms with Gasteiger partial charge in [0.1, 0.15) is 0 Å². The molecule has 1 saturated heterocycles. The molecule has 0 aromatic heterocycles. The highest BCUT2D eigenvalue weighted by atomic mass is 16.2. The Morgan fingerprint density at radius 2 is 1.92 bits per heavy atom. The third kappa shape index (κ3) is 4.06. The van der Waals surface area contributed by atoms with Gasteiger partial charge >= 0.3 is 0 Å². The number of amides is 2. The van der Waals surface area contributed by atoms with Crippen molar-refractivity contribution in [3.05, 3.63) is 65.2 Å². The Bertz CT molecular complexity index is 774. The smallest absolute Gasteiger partial charge is 0.287 e. The predicted molar refractivity (Wildman–Crippen MR) is 97.4 cm³/mol. The number of nitrogens with one attached hydrogen (secondary N) is 3. The third-order valence-electron chi connectivity index (χ3n) is 4.61. The largest absolute Gasteiger partial charge is 0.346 e. The van der Waals surface area contributed by atoms with Crippen LogP contribution in [-0.4, -0.2) is 31.4 Å². The number of carbonyl (C=O) groups is 2. The fraction of sp³-hybridized carbons (Fsp3) is 0.300. The number of hydrogen-bond donors (Lipinski definition) is 3. The molecule has 0 radical (unpaired) electrons. The van der Waals surface area contributed by atoms with Crippen LogP contribution in [0.3, 0.4) is 0 Å². The Morgan fingerprint density at radius 3 is 2.64 bits per heavy atom. The van der Waals surface area contributed by atoms with Crippen molar-refractivity contribution in [2.75, 3.05) is 25.0 Å². The zero-order valence-corrected chi connectivity index (χ0v) is 14.6. The first-order valence-electron chi connectivity index (χ1n) is 8.59. The average Bonchev–Trinajstić information content (AvgIpc) is 2.59. The predicted octanol–water partition coefficient (Wildman–Crippen LogP) is 0.998. The van der Waals surface area contributed by atoms with E-state index in [0.29, 0.717) is 13.1 Å². The van der Waals surface area contributed by atoms with Gasteiger partial charge in [-0.25, -0.2) is 0 Å². The molecule has 1 heterocycles. The van der Waals surface area contributed by atoms with Gasteiger partial charge in [0.05, 0.1) is 13.1 Å². The summed E-state index contributed by atoms with van der Waals surface area (Å²) in [5.41, 5.74) is 3.88. The SMILES string of the molecule is Cc1ccc(C)c(NC(=O)[C@@H](c2ccccc2)[NH+]2CCNC(=O)C2)c1. The summed E-state index contributed by atoms with van der Waals surface area (Å²) in [7, 11) is 0. The van der Waals surface area contributed by atoms with Crippen LogP contribution in [0.25, 0.3) is 0 Å². The summed E-state index contributed by atoms with van der Waals surface area (Å²) in [5.74, 6) is -0.0914. The summed E-state index contributed by atoms with van der Waals surface area (Å²) in [6, 6.07) is 15.3. The summed E-state index contributed by atoms with van der Waals surface area (Å²) < 4.78 is 0. The van der Waals surface area contributed by atoms with Crippen LogP contribution in [0.15, 0.2) is 48.5 Å². The van der Waals surface area contributed by atoms with Crippen molar-refractivity contribution >= 4 is 17.5 Å². The van der Waals surface area contributed by atoms with Crippen LogP contribution in [0.2, 0.25) is 0 Å². The van der Waals surface area contributed by atoms with Crippen molar-refractivity contribution in [1.82, 2.24) is 5.32 Å². The van der Waals surface area contributed by atoms with Gasteiger partial charge in [-0.05, 0) is 31.0 Å². The van der Waals surface area contributed by atoms with E-state index in [4.69, 9.17) is 0 Å². The maximum atomic E-state index is 13.1. The highest BCUT2D eigenvalue weighted by molar-refractivity contribution is 5.95. The van der Waals surface area contributed by atoms with Crippen molar-refractivity contribution in [3.63, 3.8) is 0 Å². The summed E-state index contributed by atoms with van der Waals surface area (Å²) in [4.78, 5) is 25.9. The molecule has 5 nitrogen and oxygen atoms in total. The first kappa shape index (κ1) is 17.2. The van der Waals surface area contributed by atoms with Crippen LogP contribution in [-0.2, 0) is 9.59 Å². The van der Waals surface area contributed by atoms with E-state index in [2.05, 4.69) is 10.6 Å². The maximum Gasteiger partial charge on any atom is 0.287 e. The Kier molecular flexibility index (Phi) is 5.14.